The van der Waals surface area contributed by atoms with E-state index in [9.17, 15) is 9.59 Å². The Morgan fingerprint density at radius 1 is 1.22 bits per heavy atom. The molecule has 6 nitrogen and oxygen atoms in total. The van der Waals surface area contributed by atoms with Crippen molar-refractivity contribution < 1.29 is 14.3 Å². The van der Waals surface area contributed by atoms with Gasteiger partial charge in [0.05, 0.1) is 5.69 Å². The van der Waals surface area contributed by atoms with Gasteiger partial charge in [0.25, 0.3) is 5.91 Å². The summed E-state index contributed by atoms with van der Waals surface area (Å²) in [6.45, 7) is 6.64. The molecule has 27 heavy (non-hydrogen) atoms. The number of ether oxygens (including phenoxy) is 1. The summed E-state index contributed by atoms with van der Waals surface area (Å²) in [5.74, 6) is -0.698. The molecular formula is C21H25N3O3. The van der Waals surface area contributed by atoms with E-state index >= 15 is 0 Å². The highest BCUT2D eigenvalue weighted by Gasteiger charge is 2.26. The highest BCUT2D eigenvalue weighted by atomic mass is 16.5. The summed E-state index contributed by atoms with van der Waals surface area (Å²) in [4.78, 5) is 26.5. The Bertz CT molecular complexity index is 898. The van der Waals surface area contributed by atoms with Gasteiger partial charge in [-0.1, -0.05) is 24.3 Å². The van der Waals surface area contributed by atoms with Crippen LogP contribution in [-0.2, 0) is 34.3 Å². The monoisotopic (exact) mass is 367 g/mol. The van der Waals surface area contributed by atoms with Gasteiger partial charge in [-0.2, -0.15) is 5.10 Å². The number of aromatic nitrogens is 2. The maximum absolute atomic E-state index is 12.6. The minimum absolute atomic E-state index is 0.167. The molecule has 1 aromatic carbocycles. The number of nitrogens with zero attached hydrogens (tertiary/aromatic N) is 3. The van der Waals surface area contributed by atoms with E-state index in [2.05, 4.69) is 11.2 Å². The highest BCUT2D eigenvalue weighted by molar-refractivity contribution is 5.90. The van der Waals surface area contributed by atoms with E-state index in [0.717, 1.165) is 28.9 Å². The second kappa shape index (κ2) is 7.78. The molecule has 0 spiro atoms. The third-order valence-electron chi connectivity index (χ3n) is 5.03. The quantitative estimate of drug-likeness (QED) is 0.615. The third kappa shape index (κ3) is 4.10. The van der Waals surface area contributed by atoms with Gasteiger partial charge in [0.2, 0.25) is 0 Å². The van der Waals surface area contributed by atoms with Crippen LogP contribution in [0.5, 0.6) is 0 Å². The molecular weight excluding hydrogens is 342 g/mol. The van der Waals surface area contributed by atoms with Gasteiger partial charge in [0.1, 0.15) is 0 Å². The van der Waals surface area contributed by atoms with Crippen LogP contribution in [0, 0.1) is 13.8 Å². The zero-order valence-corrected chi connectivity index (χ0v) is 16.2. The van der Waals surface area contributed by atoms with Crippen molar-refractivity contribution in [3.8, 4) is 0 Å². The van der Waals surface area contributed by atoms with E-state index in [4.69, 9.17) is 4.74 Å². The average molecular weight is 367 g/mol. The van der Waals surface area contributed by atoms with E-state index < -0.39 is 12.1 Å². The molecule has 0 aliphatic carbocycles. The molecule has 2 aromatic rings. The molecule has 2 heterocycles. The van der Waals surface area contributed by atoms with Crippen molar-refractivity contribution in [3.63, 3.8) is 0 Å². The first-order valence-corrected chi connectivity index (χ1v) is 9.11. The fourth-order valence-electron chi connectivity index (χ4n) is 3.39. The molecule has 0 N–H and O–H groups in total. The van der Waals surface area contributed by atoms with Gasteiger partial charge in [-0.15, -0.1) is 0 Å². The molecule has 0 fully saturated rings. The Morgan fingerprint density at radius 2 is 1.93 bits per heavy atom. The standard InChI is InChI=1S/C21H25N3O3/c1-14-19(15(2)23(4)22-14)9-10-20(25)27-16(3)21(26)24-12-11-17-7-5-6-8-18(17)13-24/h5-10,16H,11-13H2,1-4H3/b10-9+/t16-/m0/s1. The number of aryl methyl sites for hydroxylation is 2. The number of fused-ring (bicyclic) bond motifs is 1. The Morgan fingerprint density at radius 3 is 2.59 bits per heavy atom. The van der Waals surface area contributed by atoms with Crippen molar-refractivity contribution in [1.29, 1.82) is 0 Å². The lowest BCUT2D eigenvalue weighted by atomic mass is 9.99. The fourth-order valence-corrected chi connectivity index (χ4v) is 3.39. The van der Waals surface area contributed by atoms with Gasteiger partial charge >= 0.3 is 5.97 Å². The molecule has 0 unspecified atom stereocenters. The lowest BCUT2D eigenvalue weighted by Gasteiger charge is -2.30. The van der Waals surface area contributed by atoms with E-state index in [1.54, 1.807) is 22.6 Å². The number of hydrogen-bond acceptors (Lipinski definition) is 4. The zero-order chi connectivity index (χ0) is 19.6. The largest absolute Gasteiger partial charge is 0.449 e. The smallest absolute Gasteiger partial charge is 0.331 e. The number of rotatable bonds is 4. The molecule has 0 saturated carbocycles. The molecule has 142 valence electrons. The SMILES string of the molecule is Cc1nn(C)c(C)c1/C=C/C(=O)O[C@@H](C)C(=O)N1CCc2ccccc2C1. The molecule has 1 aliphatic rings. The summed E-state index contributed by atoms with van der Waals surface area (Å²) in [5, 5.41) is 4.31. The Labute approximate surface area is 159 Å². The van der Waals surface area contributed by atoms with E-state index in [1.165, 1.54) is 11.6 Å². The van der Waals surface area contributed by atoms with Crippen molar-refractivity contribution in [1.82, 2.24) is 14.7 Å². The lowest BCUT2D eigenvalue weighted by molar-refractivity contribution is -0.155. The fraction of sp³-hybridized carbons (Fsp3) is 0.381. The molecule has 3 rings (SSSR count). The number of hydrogen-bond donors (Lipinski definition) is 0. The summed E-state index contributed by atoms with van der Waals surface area (Å²) >= 11 is 0. The topological polar surface area (TPSA) is 64.4 Å². The number of amides is 1. The van der Waals surface area contributed by atoms with Gasteiger partial charge in [0.15, 0.2) is 6.10 Å². The van der Waals surface area contributed by atoms with Gasteiger partial charge in [-0.25, -0.2) is 4.79 Å². The minimum atomic E-state index is -0.816. The second-order valence-electron chi connectivity index (χ2n) is 6.90. The van der Waals surface area contributed by atoms with Gasteiger partial charge in [0, 0.05) is 37.5 Å². The predicted molar refractivity (Wildman–Crippen MR) is 103 cm³/mol. The third-order valence-corrected chi connectivity index (χ3v) is 5.03. The van der Waals surface area contributed by atoms with E-state index in [-0.39, 0.29) is 5.91 Å². The first-order valence-electron chi connectivity index (χ1n) is 9.11. The number of carbonyl (C=O) groups is 2. The average Bonchev–Trinajstić information content (AvgIpc) is 2.90. The molecule has 0 radical (unpaired) electrons. The number of carbonyl (C=O) groups excluding carboxylic acids is 2. The van der Waals surface area contributed by atoms with E-state index in [1.807, 2.05) is 39.1 Å². The molecule has 0 bridgehead atoms. The maximum atomic E-state index is 12.6. The summed E-state index contributed by atoms with van der Waals surface area (Å²) < 4.78 is 7.08. The molecule has 0 saturated heterocycles. The summed E-state index contributed by atoms with van der Waals surface area (Å²) in [7, 11) is 1.86. The molecule has 6 heteroatoms. The van der Waals surface area contributed by atoms with Crippen molar-refractivity contribution in [3.05, 3.63) is 58.4 Å². The summed E-state index contributed by atoms with van der Waals surface area (Å²) in [5.41, 5.74) is 5.12. The van der Waals surface area contributed by atoms with Crippen molar-refractivity contribution in [2.75, 3.05) is 6.54 Å². The van der Waals surface area contributed by atoms with Crippen LogP contribution >= 0.6 is 0 Å². The normalized spacial score (nSPS) is 14.9. The van der Waals surface area contributed by atoms with Crippen LogP contribution < -0.4 is 0 Å². The molecule has 1 aromatic heterocycles. The van der Waals surface area contributed by atoms with Gasteiger partial charge in [-0.3, -0.25) is 9.48 Å². The minimum Gasteiger partial charge on any atom is -0.449 e. The Hall–Kier alpha value is -2.89. The Balaban J connectivity index is 1.60. The van der Waals surface area contributed by atoms with Crippen LogP contribution in [0.15, 0.2) is 30.3 Å². The zero-order valence-electron chi connectivity index (χ0n) is 16.2. The van der Waals surface area contributed by atoms with Crippen molar-refractivity contribution in [2.24, 2.45) is 7.05 Å². The van der Waals surface area contributed by atoms with Crippen LogP contribution in [-0.4, -0.2) is 39.2 Å². The second-order valence-corrected chi connectivity index (χ2v) is 6.90. The maximum Gasteiger partial charge on any atom is 0.331 e. The first kappa shape index (κ1) is 18.9. The lowest BCUT2D eigenvalue weighted by Crippen LogP contribution is -2.42. The predicted octanol–water partition coefficient (Wildman–Crippen LogP) is 2.57. The first-order chi connectivity index (χ1) is 12.9. The molecule has 1 amide bonds. The van der Waals surface area contributed by atoms with Gasteiger partial charge in [-0.05, 0) is 44.4 Å². The van der Waals surface area contributed by atoms with Crippen molar-refractivity contribution in [2.45, 2.75) is 39.8 Å². The molecule has 1 atom stereocenters. The van der Waals surface area contributed by atoms with Crippen LogP contribution in [0.2, 0.25) is 0 Å². The van der Waals surface area contributed by atoms with Crippen LogP contribution in [0.4, 0.5) is 0 Å². The number of esters is 1. The summed E-state index contributed by atoms with van der Waals surface area (Å²) in [6.07, 6.45) is 3.05. The van der Waals surface area contributed by atoms with Crippen LogP contribution in [0.1, 0.15) is 35.0 Å². The van der Waals surface area contributed by atoms with E-state index in [0.29, 0.717) is 13.1 Å². The van der Waals surface area contributed by atoms with Crippen molar-refractivity contribution >= 4 is 18.0 Å². The molecule has 1 aliphatic heterocycles. The summed E-state index contributed by atoms with van der Waals surface area (Å²) in [6, 6.07) is 8.11. The van der Waals surface area contributed by atoms with Gasteiger partial charge < -0.3 is 9.64 Å². The van der Waals surface area contributed by atoms with Crippen LogP contribution in [0.25, 0.3) is 6.08 Å². The van der Waals surface area contributed by atoms with Crippen LogP contribution in [0.3, 0.4) is 0 Å². The number of benzene rings is 1. The Kier molecular flexibility index (Phi) is 5.44. The highest BCUT2D eigenvalue weighted by Crippen LogP contribution is 2.19.